The highest BCUT2D eigenvalue weighted by atomic mass is 35.5. The van der Waals surface area contributed by atoms with Crippen LogP contribution in [0, 0.1) is 0 Å². The van der Waals surface area contributed by atoms with Crippen molar-refractivity contribution in [1.82, 2.24) is 9.97 Å². The fourth-order valence-electron chi connectivity index (χ4n) is 2.33. The number of hydrogen-bond acceptors (Lipinski definition) is 2. The highest BCUT2D eigenvalue weighted by Gasteiger charge is 2.19. The Balaban J connectivity index is 2.24. The van der Waals surface area contributed by atoms with E-state index in [-0.39, 0.29) is 0 Å². The molecule has 3 heterocycles. The monoisotopic (exact) mass is 250 g/mol. The summed E-state index contributed by atoms with van der Waals surface area (Å²) in [6, 6.07) is 2.12. The first-order chi connectivity index (χ1) is 8.16. The van der Waals surface area contributed by atoms with Gasteiger partial charge >= 0.3 is 0 Å². The lowest BCUT2D eigenvalue weighted by molar-refractivity contribution is 0.111. The van der Waals surface area contributed by atoms with Crippen LogP contribution in [-0.2, 0) is 17.8 Å². The molecule has 17 heavy (non-hydrogen) atoms. The summed E-state index contributed by atoms with van der Waals surface area (Å²) in [6.45, 7) is 5.67. The lowest BCUT2D eigenvalue weighted by atomic mass is 10.0. The van der Waals surface area contributed by atoms with Gasteiger partial charge in [-0.3, -0.25) is 0 Å². The van der Waals surface area contributed by atoms with Crippen LogP contribution in [0.1, 0.15) is 36.6 Å². The first-order valence-corrected chi connectivity index (χ1v) is 6.32. The molecule has 0 saturated carbocycles. The summed E-state index contributed by atoms with van der Waals surface area (Å²) in [5.74, 6) is 0.385. The van der Waals surface area contributed by atoms with Gasteiger partial charge in [-0.15, -0.1) is 0 Å². The van der Waals surface area contributed by atoms with Crippen LogP contribution in [0.3, 0.4) is 0 Å². The Morgan fingerprint density at radius 1 is 1.47 bits per heavy atom. The van der Waals surface area contributed by atoms with Crippen molar-refractivity contribution in [3.63, 3.8) is 0 Å². The molecule has 0 atom stereocenters. The zero-order valence-corrected chi connectivity index (χ0v) is 10.8. The number of nitrogens with one attached hydrogen (secondary N) is 1. The predicted molar refractivity (Wildman–Crippen MR) is 68.6 cm³/mol. The molecule has 0 radical (unpaired) electrons. The van der Waals surface area contributed by atoms with Crippen LogP contribution < -0.4 is 0 Å². The Morgan fingerprint density at radius 2 is 2.29 bits per heavy atom. The molecule has 2 aromatic rings. The predicted octanol–water partition coefficient (Wildman–Crippen LogP) is 3.41. The molecule has 0 aliphatic carbocycles. The molecule has 1 aliphatic heterocycles. The van der Waals surface area contributed by atoms with Gasteiger partial charge in [0.2, 0.25) is 0 Å². The lowest BCUT2D eigenvalue weighted by Crippen LogP contribution is -2.08. The number of aromatic amines is 1. The summed E-state index contributed by atoms with van der Waals surface area (Å²) in [4.78, 5) is 7.96. The van der Waals surface area contributed by atoms with E-state index >= 15 is 0 Å². The minimum absolute atomic E-state index is 0.385. The first-order valence-electron chi connectivity index (χ1n) is 5.94. The SMILES string of the molecule is CC(C)c1cc2[nH]c3c(c2nc1Cl)COCC3. The molecule has 1 aliphatic rings. The van der Waals surface area contributed by atoms with E-state index in [1.165, 1.54) is 11.3 Å². The molecular weight excluding hydrogens is 236 g/mol. The molecule has 0 amide bonds. The summed E-state index contributed by atoms with van der Waals surface area (Å²) in [5.41, 5.74) is 5.56. The van der Waals surface area contributed by atoms with Crippen LogP contribution in [0.2, 0.25) is 5.15 Å². The maximum atomic E-state index is 6.23. The second-order valence-corrected chi connectivity index (χ2v) is 5.16. The highest BCUT2D eigenvalue weighted by molar-refractivity contribution is 6.30. The average molecular weight is 251 g/mol. The van der Waals surface area contributed by atoms with Crippen molar-refractivity contribution in [2.24, 2.45) is 0 Å². The number of fused-ring (bicyclic) bond motifs is 3. The number of halogens is 1. The van der Waals surface area contributed by atoms with Gasteiger partial charge in [-0.2, -0.15) is 0 Å². The normalized spacial score (nSPS) is 15.5. The number of nitrogens with zero attached hydrogens (tertiary/aromatic N) is 1. The smallest absolute Gasteiger partial charge is 0.133 e. The van der Waals surface area contributed by atoms with Gasteiger partial charge in [0.25, 0.3) is 0 Å². The number of aromatic nitrogens is 2. The highest BCUT2D eigenvalue weighted by Crippen LogP contribution is 2.31. The number of pyridine rings is 1. The zero-order chi connectivity index (χ0) is 12.0. The van der Waals surface area contributed by atoms with Gasteiger partial charge in [0.1, 0.15) is 5.15 Å². The van der Waals surface area contributed by atoms with Crippen molar-refractivity contribution in [2.75, 3.05) is 6.61 Å². The van der Waals surface area contributed by atoms with Gasteiger partial charge in [-0.25, -0.2) is 4.98 Å². The third kappa shape index (κ3) is 1.74. The Morgan fingerprint density at radius 3 is 3.06 bits per heavy atom. The maximum absolute atomic E-state index is 6.23. The van der Waals surface area contributed by atoms with Crippen molar-refractivity contribution in [3.05, 3.63) is 28.0 Å². The van der Waals surface area contributed by atoms with E-state index in [1.807, 2.05) is 0 Å². The van der Waals surface area contributed by atoms with Crippen LogP contribution in [0.5, 0.6) is 0 Å². The van der Waals surface area contributed by atoms with Crippen LogP contribution in [-0.4, -0.2) is 16.6 Å². The fourth-order valence-corrected chi connectivity index (χ4v) is 2.69. The molecule has 1 N–H and O–H groups in total. The number of hydrogen-bond donors (Lipinski definition) is 1. The fraction of sp³-hybridized carbons (Fsp3) is 0.462. The molecule has 0 spiro atoms. The minimum Gasteiger partial charge on any atom is -0.376 e. The average Bonchev–Trinajstić information content (AvgIpc) is 2.65. The van der Waals surface area contributed by atoms with Crippen LogP contribution in [0.15, 0.2) is 6.07 Å². The second kappa shape index (κ2) is 4.00. The van der Waals surface area contributed by atoms with E-state index in [4.69, 9.17) is 16.3 Å². The molecule has 3 rings (SSSR count). The quantitative estimate of drug-likeness (QED) is 0.788. The van der Waals surface area contributed by atoms with Crippen LogP contribution >= 0.6 is 11.6 Å². The van der Waals surface area contributed by atoms with Crippen molar-refractivity contribution < 1.29 is 4.74 Å². The molecule has 3 nitrogen and oxygen atoms in total. The number of H-pyrrole nitrogens is 1. The van der Waals surface area contributed by atoms with Crippen LogP contribution in [0.4, 0.5) is 0 Å². The molecule has 4 heteroatoms. The van der Waals surface area contributed by atoms with E-state index in [9.17, 15) is 0 Å². The molecule has 0 unspecified atom stereocenters. The van der Waals surface area contributed by atoms with E-state index < -0.39 is 0 Å². The molecule has 2 aromatic heterocycles. The summed E-state index contributed by atoms with van der Waals surface area (Å²) in [5, 5.41) is 0.611. The van der Waals surface area contributed by atoms with Crippen molar-refractivity contribution in [1.29, 1.82) is 0 Å². The van der Waals surface area contributed by atoms with Crippen LogP contribution in [0.25, 0.3) is 11.0 Å². The molecule has 0 fully saturated rings. The van der Waals surface area contributed by atoms with E-state index in [0.717, 1.165) is 29.6 Å². The largest absolute Gasteiger partial charge is 0.376 e. The molecule has 90 valence electrons. The molecular formula is C13H15ClN2O. The Bertz CT molecular complexity index is 574. The maximum Gasteiger partial charge on any atom is 0.133 e. The Kier molecular flexibility index (Phi) is 2.60. The lowest BCUT2D eigenvalue weighted by Gasteiger charge is -2.11. The number of ether oxygens (including phenoxy) is 1. The van der Waals surface area contributed by atoms with Gasteiger partial charge in [0, 0.05) is 17.7 Å². The van der Waals surface area contributed by atoms with E-state index in [2.05, 4.69) is 29.9 Å². The minimum atomic E-state index is 0.385. The standard InChI is InChI=1S/C13H15ClN2O/c1-7(2)8-5-11-12(16-13(8)14)9-6-17-4-3-10(9)15-11/h5,7,15H,3-4,6H2,1-2H3. The summed E-state index contributed by atoms with van der Waals surface area (Å²) in [7, 11) is 0. The Hall–Kier alpha value is -1.06. The van der Waals surface area contributed by atoms with E-state index in [0.29, 0.717) is 17.7 Å². The molecule has 0 bridgehead atoms. The Labute approximate surface area is 105 Å². The summed E-state index contributed by atoms with van der Waals surface area (Å²) >= 11 is 6.23. The second-order valence-electron chi connectivity index (χ2n) is 4.80. The summed E-state index contributed by atoms with van der Waals surface area (Å²) < 4.78 is 5.48. The summed E-state index contributed by atoms with van der Waals surface area (Å²) in [6.07, 6.45) is 0.931. The van der Waals surface area contributed by atoms with Crippen molar-refractivity contribution in [3.8, 4) is 0 Å². The zero-order valence-electron chi connectivity index (χ0n) is 10.0. The van der Waals surface area contributed by atoms with Gasteiger partial charge in [-0.05, 0) is 17.5 Å². The molecule has 0 aromatic carbocycles. The topological polar surface area (TPSA) is 37.9 Å². The van der Waals surface area contributed by atoms with Crippen molar-refractivity contribution in [2.45, 2.75) is 32.8 Å². The molecule has 0 saturated heterocycles. The van der Waals surface area contributed by atoms with Gasteiger partial charge in [0.15, 0.2) is 0 Å². The third-order valence-corrected chi connectivity index (χ3v) is 3.61. The first kappa shape index (κ1) is 11.1. The van der Waals surface area contributed by atoms with E-state index in [1.54, 1.807) is 0 Å². The third-order valence-electron chi connectivity index (χ3n) is 3.30. The van der Waals surface area contributed by atoms with Gasteiger partial charge in [0.05, 0.1) is 24.2 Å². The van der Waals surface area contributed by atoms with Gasteiger partial charge in [-0.1, -0.05) is 25.4 Å². The van der Waals surface area contributed by atoms with Gasteiger partial charge < -0.3 is 9.72 Å². The number of rotatable bonds is 1. The van der Waals surface area contributed by atoms with Crippen molar-refractivity contribution >= 4 is 22.6 Å².